The van der Waals surface area contributed by atoms with E-state index < -0.39 is 0 Å². The van der Waals surface area contributed by atoms with Crippen LogP contribution in [0.2, 0.25) is 0 Å². The lowest BCUT2D eigenvalue weighted by molar-refractivity contribution is 0.354. The minimum absolute atomic E-state index is 0.265. The second-order valence-electron chi connectivity index (χ2n) is 6.33. The van der Waals surface area contributed by atoms with Gasteiger partial charge in [0.1, 0.15) is 0 Å². The molecule has 130 valence electrons. The lowest BCUT2D eigenvalue weighted by atomic mass is 9.94. The fourth-order valence-corrected chi connectivity index (χ4v) is 4.18. The van der Waals surface area contributed by atoms with E-state index in [4.69, 9.17) is 9.47 Å². The molecule has 3 aromatic rings. The van der Waals surface area contributed by atoms with Gasteiger partial charge >= 0.3 is 0 Å². The molecule has 1 unspecified atom stereocenters. The summed E-state index contributed by atoms with van der Waals surface area (Å²) in [6, 6.07) is 12.8. The van der Waals surface area contributed by atoms with Crippen LogP contribution >= 0.6 is 15.9 Å². The van der Waals surface area contributed by atoms with E-state index in [2.05, 4.69) is 56.6 Å². The molecule has 0 saturated carbocycles. The van der Waals surface area contributed by atoms with Gasteiger partial charge in [0.15, 0.2) is 11.5 Å². The van der Waals surface area contributed by atoms with E-state index >= 15 is 0 Å². The molecule has 0 radical (unpaired) electrons. The molecule has 0 aliphatic carbocycles. The van der Waals surface area contributed by atoms with Gasteiger partial charge in [0, 0.05) is 15.6 Å². The number of hydrogen-bond donors (Lipinski definition) is 2. The van der Waals surface area contributed by atoms with Crippen LogP contribution in [0.3, 0.4) is 0 Å². The number of hydrogen-bond acceptors (Lipinski definition) is 3. The molecule has 1 aliphatic rings. The van der Waals surface area contributed by atoms with Crippen molar-refractivity contribution in [1.29, 1.82) is 0 Å². The topological polar surface area (TPSA) is 46.3 Å². The molecule has 1 aromatic heterocycles. The van der Waals surface area contributed by atoms with Gasteiger partial charge < -0.3 is 19.8 Å². The first-order valence-corrected chi connectivity index (χ1v) is 9.24. The number of H-pyrrole nitrogens is 1. The number of aromatic amines is 1. The average molecular weight is 401 g/mol. The van der Waals surface area contributed by atoms with Gasteiger partial charge in [-0.15, -0.1) is 0 Å². The van der Waals surface area contributed by atoms with Crippen molar-refractivity contribution in [2.75, 3.05) is 20.8 Å². The van der Waals surface area contributed by atoms with Crippen molar-refractivity contribution >= 4 is 26.8 Å². The Labute approximate surface area is 155 Å². The fourth-order valence-electron chi connectivity index (χ4n) is 3.72. The average Bonchev–Trinajstić information content (AvgIpc) is 3.03. The molecule has 1 atom stereocenters. The van der Waals surface area contributed by atoms with Crippen molar-refractivity contribution in [3.8, 4) is 11.5 Å². The van der Waals surface area contributed by atoms with Gasteiger partial charge in [-0.25, -0.2) is 0 Å². The number of para-hydroxylation sites is 1. The normalized spacial score (nSPS) is 16.7. The van der Waals surface area contributed by atoms with E-state index in [1.165, 1.54) is 27.7 Å². The van der Waals surface area contributed by atoms with Crippen LogP contribution in [0.1, 0.15) is 22.9 Å². The summed E-state index contributed by atoms with van der Waals surface area (Å²) in [4.78, 5) is 3.64. The summed E-state index contributed by atoms with van der Waals surface area (Å²) in [5.41, 5.74) is 5.14. The molecule has 2 aromatic carbocycles. The summed E-state index contributed by atoms with van der Waals surface area (Å²) in [6.45, 7) is 0.990. The quantitative estimate of drug-likeness (QED) is 0.682. The number of halogens is 1. The van der Waals surface area contributed by atoms with Gasteiger partial charge in [0.2, 0.25) is 0 Å². The Bertz CT molecular complexity index is 919. The Morgan fingerprint density at radius 2 is 1.96 bits per heavy atom. The molecule has 0 spiro atoms. The van der Waals surface area contributed by atoms with Crippen LogP contribution in [0, 0.1) is 0 Å². The summed E-state index contributed by atoms with van der Waals surface area (Å²) in [5.74, 6) is 1.54. The van der Waals surface area contributed by atoms with Crippen LogP contribution in [0.5, 0.6) is 11.5 Å². The van der Waals surface area contributed by atoms with E-state index in [9.17, 15) is 0 Å². The molecule has 4 rings (SSSR count). The number of methoxy groups -OCH3 is 2. The van der Waals surface area contributed by atoms with Gasteiger partial charge in [0.05, 0.1) is 25.8 Å². The predicted octanol–water partition coefficient (Wildman–Crippen LogP) is 4.38. The maximum Gasteiger partial charge on any atom is 0.160 e. The monoisotopic (exact) mass is 400 g/mol. The van der Waals surface area contributed by atoms with E-state index in [0.717, 1.165) is 35.4 Å². The first-order chi connectivity index (χ1) is 12.2. The molecule has 1 aliphatic heterocycles. The Hall–Kier alpha value is -1.98. The standard InChI is InChI=1S/C20H21BrN2O2/c1-24-17-7-6-12(11-18(17)25-2)10-16-20-14(8-9-22-16)13-4-3-5-15(21)19(13)23-20/h3-7,11,16,22-23H,8-10H2,1-2H3. The molecule has 4 nitrogen and oxygen atoms in total. The van der Waals surface area contributed by atoms with Crippen LogP contribution in [-0.2, 0) is 12.8 Å². The van der Waals surface area contributed by atoms with E-state index in [-0.39, 0.29) is 6.04 Å². The van der Waals surface area contributed by atoms with E-state index in [1.54, 1.807) is 14.2 Å². The molecular weight excluding hydrogens is 380 g/mol. The van der Waals surface area contributed by atoms with Crippen LogP contribution in [0.15, 0.2) is 40.9 Å². The number of benzene rings is 2. The van der Waals surface area contributed by atoms with Gasteiger partial charge in [-0.1, -0.05) is 18.2 Å². The summed E-state index contributed by atoms with van der Waals surface area (Å²) in [5, 5.41) is 4.97. The third-order valence-electron chi connectivity index (χ3n) is 4.93. The molecule has 5 heteroatoms. The highest BCUT2D eigenvalue weighted by Crippen LogP contribution is 2.35. The minimum Gasteiger partial charge on any atom is -0.493 e. The molecule has 2 heterocycles. The summed E-state index contributed by atoms with van der Waals surface area (Å²) in [7, 11) is 3.34. The maximum absolute atomic E-state index is 5.44. The fraction of sp³-hybridized carbons (Fsp3) is 0.300. The zero-order chi connectivity index (χ0) is 17.4. The maximum atomic E-state index is 5.44. The highest BCUT2D eigenvalue weighted by atomic mass is 79.9. The van der Waals surface area contributed by atoms with E-state index in [1.807, 2.05) is 6.07 Å². The largest absolute Gasteiger partial charge is 0.493 e. The summed E-state index contributed by atoms with van der Waals surface area (Å²) < 4.78 is 11.9. The van der Waals surface area contributed by atoms with Crippen molar-refractivity contribution < 1.29 is 9.47 Å². The third kappa shape index (κ3) is 2.92. The first kappa shape index (κ1) is 16.5. The Balaban J connectivity index is 1.70. The smallest absolute Gasteiger partial charge is 0.160 e. The Morgan fingerprint density at radius 1 is 1.12 bits per heavy atom. The van der Waals surface area contributed by atoms with Gasteiger partial charge in [0.25, 0.3) is 0 Å². The van der Waals surface area contributed by atoms with Crippen LogP contribution in [0.25, 0.3) is 10.9 Å². The number of fused-ring (bicyclic) bond motifs is 3. The SMILES string of the molecule is COc1ccc(CC2NCCc3c2[nH]c2c(Br)cccc32)cc1OC. The highest BCUT2D eigenvalue weighted by Gasteiger charge is 2.25. The highest BCUT2D eigenvalue weighted by molar-refractivity contribution is 9.10. The van der Waals surface area contributed by atoms with Gasteiger partial charge in [-0.2, -0.15) is 0 Å². The van der Waals surface area contributed by atoms with Crippen LogP contribution < -0.4 is 14.8 Å². The van der Waals surface area contributed by atoms with Crippen LogP contribution in [-0.4, -0.2) is 25.7 Å². The second-order valence-corrected chi connectivity index (χ2v) is 7.18. The number of ether oxygens (including phenoxy) is 2. The molecule has 0 saturated heterocycles. The minimum atomic E-state index is 0.265. The molecule has 0 bridgehead atoms. The molecular formula is C20H21BrN2O2. The predicted molar refractivity (Wildman–Crippen MR) is 104 cm³/mol. The van der Waals surface area contributed by atoms with Crippen molar-refractivity contribution in [3.63, 3.8) is 0 Å². The third-order valence-corrected chi connectivity index (χ3v) is 5.59. The molecule has 25 heavy (non-hydrogen) atoms. The summed E-state index contributed by atoms with van der Waals surface area (Å²) in [6.07, 6.45) is 1.95. The Kier molecular flexibility index (Phi) is 4.44. The van der Waals surface area contributed by atoms with Crippen molar-refractivity contribution in [1.82, 2.24) is 10.3 Å². The first-order valence-electron chi connectivity index (χ1n) is 8.44. The van der Waals surface area contributed by atoms with Crippen molar-refractivity contribution in [2.24, 2.45) is 0 Å². The van der Waals surface area contributed by atoms with Crippen LogP contribution in [0.4, 0.5) is 0 Å². The zero-order valence-corrected chi connectivity index (χ0v) is 15.9. The van der Waals surface area contributed by atoms with Gasteiger partial charge in [-0.05, 0) is 64.6 Å². The van der Waals surface area contributed by atoms with E-state index in [0.29, 0.717) is 0 Å². The van der Waals surface area contributed by atoms with Crippen molar-refractivity contribution in [3.05, 3.63) is 57.7 Å². The Morgan fingerprint density at radius 3 is 2.76 bits per heavy atom. The summed E-state index contributed by atoms with van der Waals surface area (Å²) >= 11 is 3.66. The molecule has 0 fully saturated rings. The number of rotatable bonds is 4. The molecule has 2 N–H and O–H groups in total. The van der Waals surface area contributed by atoms with Crippen molar-refractivity contribution in [2.45, 2.75) is 18.9 Å². The van der Waals surface area contributed by atoms with Gasteiger partial charge in [-0.3, -0.25) is 0 Å². The lowest BCUT2D eigenvalue weighted by Crippen LogP contribution is -2.31. The number of aromatic nitrogens is 1. The molecule has 0 amide bonds. The second kappa shape index (κ2) is 6.73. The zero-order valence-electron chi connectivity index (χ0n) is 14.4. The number of nitrogens with one attached hydrogen (secondary N) is 2. The lowest BCUT2D eigenvalue weighted by Gasteiger charge is -2.24.